The topological polar surface area (TPSA) is 50.7 Å². The third-order valence-electron chi connectivity index (χ3n) is 0.925. The Bertz CT molecular complexity index is 209. The van der Waals surface area contributed by atoms with Crippen LogP contribution in [0.2, 0.25) is 0 Å². The number of hydrogen-bond donors (Lipinski definition) is 2. The number of amides is 1. The first-order valence-corrected chi connectivity index (χ1v) is 5.98. The lowest BCUT2D eigenvalue weighted by molar-refractivity contribution is 0.158. The molecule has 1 aliphatic heterocycles. The number of amidine groups is 1. The average molecular weight is 224 g/mol. The maximum Gasteiger partial charge on any atom is 0.413 e. The van der Waals surface area contributed by atoms with Crippen LogP contribution < -0.4 is 5.32 Å². The summed E-state index contributed by atoms with van der Waals surface area (Å²) in [5, 5.41) is 3.05. The van der Waals surface area contributed by atoms with Gasteiger partial charge >= 0.3 is 6.09 Å². The van der Waals surface area contributed by atoms with Crippen LogP contribution in [-0.2, 0) is 4.74 Å². The minimum atomic E-state index is -0.466. The van der Waals surface area contributed by atoms with Crippen molar-refractivity contribution < 1.29 is 9.53 Å². The molecule has 0 fully saturated rings. The van der Waals surface area contributed by atoms with E-state index in [0.717, 1.165) is 0 Å². The molecule has 1 amide bonds. The third kappa shape index (κ3) is 3.16. The third-order valence-corrected chi connectivity index (χ3v) is 3.83. The fourth-order valence-electron chi connectivity index (χ4n) is 0.540. The summed E-state index contributed by atoms with van der Waals surface area (Å²) in [5.41, 5.74) is 0. The number of alkyl carbamates (subject to hydrolysis) is 1. The molecule has 12 heavy (non-hydrogen) atoms. The minimum Gasteiger partial charge on any atom is -0.450 e. The number of rotatable bonds is 1. The molecule has 7 heteroatoms. The van der Waals surface area contributed by atoms with Crippen molar-refractivity contribution in [3.05, 3.63) is 0 Å². The molecule has 0 aliphatic carbocycles. The Morgan fingerprint density at radius 1 is 1.92 bits per heavy atom. The Kier molecular flexibility index (Phi) is 4.10. The monoisotopic (exact) mass is 224 g/mol. The van der Waals surface area contributed by atoms with Crippen molar-refractivity contribution in [2.75, 3.05) is 6.61 Å². The second-order valence-corrected chi connectivity index (χ2v) is 4.89. The highest BCUT2D eigenvalue weighted by Crippen LogP contribution is 2.36. The van der Waals surface area contributed by atoms with Gasteiger partial charge < -0.3 is 4.74 Å². The molecule has 1 atom stereocenters. The molecule has 1 heterocycles. The molecular weight excluding hydrogens is 216 g/mol. The number of aliphatic imine (C=N–C) groups is 1. The Morgan fingerprint density at radius 2 is 2.67 bits per heavy atom. The van der Waals surface area contributed by atoms with Crippen LogP contribution in [0.4, 0.5) is 4.79 Å². The van der Waals surface area contributed by atoms with Crippen LogP contribution in [0.5, 0.6) is 0 Å². The molecular formula is C5H8N2O2S3. The Labute approximate surface area is 83.7 Å². The van der Waals surface area contributed by atoms with Crippen LogP contribution in [0.15, 0.2) is 4.99 Å². The van der Waals surface area contributed by atoms with Crippen molar-refractivity contribution in [1.29, 1.82) is 0 Å². The van der Waals surface area contributed by atoms with Crippen LogP contribution in [-0.4, -0.2) is 22.6 Å². The minimum absolute atomic E-state index is 0.0908. The van der Waals surface area contributed by atoms with E-state index in [4.69, 9.17) is 0 Å². The lowest BCUT2D eigenvalue weighted by atomic mass is 10.9. The van der Waals surface area contributed by atoms with E-state index in [1.165, 1.54) is 21.6 Å². The van der Waals surface area contributed by atoms with E-state index in [2.05, 4.69) is 27.7 Å². The van der Waals surface area contributed by atoms with Gasteiger partial charge in [0.2, 0.25) is 0 Å². The number of hydrogen-bond acceptors (Lipinski definition) is 6. The average Bonchev–Trinajstić information content (AvgIpc) is 2.36. The molecule has 0 saturated heterocycles. The van der Waals surface area contributed by atoms with Crippen LogP contribution in [0.1, 0.15) is 6.92 Å². The van der Waals surface area contributed by atoms with E-state index in [1.807, 2.05) is 0 Å². The number of nitrogens with zero attached hydrogens (tertiary/aromatic N) is 1. The van der Waals surface area contributed by atoms with E-state index in [-0.39, 0.29) is 4.71 Å². The highest BCUT2D eigenvalue weighted by atomic mass is 33.1. The fraction of sp³-hybridized carbons (Fsp3) is 0.600. The summed E-state index contributed by atoms with van der Waals surface area (Å²) in [7, 11) is 2.86. The highest BCUT2D eigenvalue weighted by molar-refractivity contribution is 8.84. The van der Waals surface area contributed by atoms with Gasteiger partial charge in [-0.05, 0) is 28.5 Å². The summed E-state index contributed by atoms with van der Waals surface area (Å²) in [6.07, 6.45) is -0.466. The number of carbonyl (C=O) groups excluding carboxylic acids is 1. The SMILES string of the molecule is CCOC(=O)NC1=NC(S)SS1. The van der Waals surface area contributed by atoms with Gasteiger partial charge in [0.15, 0.2) is 9.87 Å². The zero-order chi connectivity index (χ0) is 8.97. The Balaban J connectivity index is 2.31. The summed E-state index contributed by atoms with van der Waals surface area (Å²) in [6.45, 7) is 2.11. The molecule has 0 bridgehead atoms. The van der Waals surface area contributed by atoms with Crippen molar-refractivity contribution >= 4 is 45.5 Å². The molecule has 0 aromatic carbocycles. The maximum atomic E-state index is 10.8. The first-order chi connectivity index (χ1) is 5.72. The van der Waals surface area contributed by atoms with Gasteiger partial charge in [-0.15, -0.1) is 12.6 Å². The molecule has 0 aromatic rings. The summed E-state index contributed by atoms with van der Waals surface area (Å²) >= 11 is 4.09. The van der Waals surface area contributed by atoms with Gasteiger partial charge in [0, 0.05) is 0 Å². The summed E-state index contributed by atoms with van der Waals surface area (Å²) in [4.78, 5) is 14.8. The predicted molar refractivity (Wildman–Crippen MR) is 55.5 cm³/mol. The number of thiol groups is 1. The molecule has 0 spiro atoms. The molecule has 1 rings (SSSR count). The molecule has 1 N–H and O–H groups in total. The molecule has 1 aliphatic rings. The Hall–Kier alpha value is -0.0100. The standard InChI is InChI=1S/C5H8N2O2S3/c1-2-9-4(8)6-3-7-5(10)12-11-3/h5,10H,2H2,1H3,(H,6,7,8). The molecule has 0 saturated carbocycles. The summed E-state index contributed by atoms with van der Waals surface area (Å²) in [6, 6.07) is 0. The zero-order valence-electron chi connectivity index (χ0n) is 6.31. The second-order valence-electron chi connectivity index (χ2n) is 1.79. The van der Waals surface area contributed by atoms with Crippen molar-refractivity contribution in [2.24, 2.45) is 4.99 Å². The van der Waals surface area contributed by atoms with E-state index >= 15 is 0 Å². The molecule has 4 nitrogen and oxygen atoms in total. The molecule has 68 valence electrons. The molecule has 0 radical (unpaired) electrons. The van der Waals surface area contributed by atoms with Crippen molar-refractivity contribution in [1.82, 2.24) is 5.32 Å². The normalized spacial score (nSPS) is 21.8. The lowest BCUT2D eigenvalue weighted by Crippen LogP contribution is -2.27. The molecule has 1 unspecified atom stereocenters. The van der Waals surface area contributed by atoms with E-state index in [9.17, 15) is 4.79 Å². The van der Waals surface area contributed by atoms with Gasteiger partial charge in [-0.3, -0.25) is 5.32 Å². The molecule has 0 aromatic heterocycles. The first kappa shape index (κ1) is 10.1. The highest BCUT2D eigenvalue weighted by Gasteiger charge is 2.17. The van der Waals surface area contributed by atoms with Gasteiger partial charge in [0.05, 0.1) is 6.61 Å². The second kappa shape index (κ2) is 4.88. The van der Waals surface area contributed by atoms with Gasteiger partial charge in [0.25, 0.3) is 0 Å². The van der Waals surface area contributed by atoms with E-state index < -0.39 is 6.09 Å². The van der Waals surface area contributed by atoms with Crippen LogP contribution in [0.25, 0.3) is 0 Å². The maximum absolute atomic E-state index is 10.8. The first-order valence-electron chi connectivity index (χ1n) is 3.25. The lowest BCUT2D eigenvalue weighted by Gasteiger charge is -2.01. The smallest absolute Gasteiger partial charge is 0.413 e. The van der Waals surface area contributed by atoms with Gasteiger partial charge in [0.1, 0.15) is 0 Å². The zero-order valence-corrected chi connectivity index (χ0v) is 8.84. The van der Waals surface area contributed by atoms with Gasteiger partial charge in [-0.2, -0.15) is 0 Å². The van der Waals surface area contributed by atoms with Gasteiger partial charge in [-0.1, -0.05) is 0 Å². The van der Waals surface area contributed by atoms with E-state index in [0.29, 0.717) is 11.8 Å². The fourth-order valence-corrected chi connectivity index (χ4v) is 2.70. The number of nitrogens with one attached hydrogen (secondary N) is 1. The van der Waals surface area contributed by atoms with E-state index in [1.54, 1.807) is 6.92 Å². The van der Waals surface area contributed by atoms with Crippen LogP contribution in [0, 0.1) is 0 Å². The number of carbonyl (C=O) groups is 1. The summed E-state index contributed by atoms with van der Waals surface area (Å²) in [5.74, 6) is 0. The Morgan fingerprint density at radius 3 is 3.17 bits per heavy atom. The van der Waals surface area contributed by atoms with Crippen LogP contribution >= 0.6 is 34.2 Å². The predicted octanol–water partition coefficient (Wildman–Crippen LogP) is 1.70. The van der Waals surface area contributed by atoms with Crippen molar-refractivity contribution in [2.45, 2.75) is 11.6 Å². The number of ether oxygens (including phenoxy) is 1. The van der Waals surface area contributed by atoms with Crippen molar-refractivity contribution in [3.63, 3.8) is 0 Å². The van der Waals surface area contributed by atoms with Gasteiger partial charge in [-0.25, -0.2) is 9.79 Å². The quantitative estimate of drug-likeness (QED) is 0.526. The largest absolute Gasteiger partial charge is 0.450 e. The van der Waals surface area contributed by atoms with Crippen molar-refractivity contribution in [3.8, 4) is 0 Å². The van der Waals surface area contributed by atoms with Crippen LogP contribution in [0.3, 0.4) is 0 Å². The summed E-state index contributed by atoms with van der Waals surface area (Å²) < 4.78 is 4.57.